The summed E-state index contributed by atoms with van der Waals surface area (Å²) in [5, 5.41) is 10.9. The zero-order chi connectivity index (χ0) is 16.3. The fraction of sp³-hybridized carbons (Fsp3) is 0.250. The normalized spacial score (nSPS) is 12.0. The molecule has 116 valence electrons. The lowest BCUT2D eigenvalue weighted by atomic mass is 10.1. The van der Waals surface area contributed by atoms with Crippen LogP contribution in [0.5, 0.6) is 11.5 Å². The largest absolute Gasteiger partial charge is 0.456 e. The second kappa shape index (κ2) is 6.70. The summed E-state index contributed by atoms with van der Waals surface area (Å²) in [5.74, 6) is 1.26. The Morgan fingerprint density at radius 1 is 1.14 bits per heavy atom. The Morgan fingerprint density at radius 3 is 2.32 bits per heavy atom. The molecule has 2 aromatic carbocycles. The first kappa shape index (κ1) is 16.2. The number of benzene rings is 2. The van der Waals surface area contributed by atoms with E-state index in [4.69, 9.17) is 4.74 Å². The number of hydrogen-bond donors (Lipinski definition) is 0. The summed E-state index contributed by atoms with van der Waals surface area (Å²) in [5.41, 5.74) is 1.97. The van der Waals surface area contributed by atoms with Crippen molar-refractivity contribution < 1.29 is 13.9 Å². The molecular formula is C16H17NO4S. The molecule has 0 saturated heterocycles. The zero-order valence-corrected chi connectivity index (χ0v) is 13.5. The number of non-ortho nitro benzene ring substituents is 1. The molecule has 0 heterocycles. The van der Waals surface area contributed by atoms with Gasteiger partial charge >= 0.3 is 0 Å². The Kier molecular flexibility index (Phi) is 4.92. The topological polar surface area (TPSA) is 69.4 Å². The number of nitrogens with zero attached hydrogens (tertiary/aromatic N) is 1. The van der Waals surface area contributed by atoms with Gasteiger partial charge in [-0.05, 0) is 43.2 Å². The van der Waals surface area contributed by atoms with Gasteiger partial charge in [0.15, 0.2) is 0 Å². The van der Waals surface area contributed by atoms with Crippen LogP contribution in [-0.4, -0.2) is 14.9 Å². The van der Waals surface area contributed by atoms with E-state index in [1.54, 1.807) is 6.92 Å². The van der Waals surface area contributed by atoms with Gasteiger partial charge in [0.2, 0.25) is 0 Å². The van der Waals surface area contributed by atoms with Crippen LogP contribution in [0.2, 0.25) is 0 Å². The summed E-state index contributed by atoms with van der Waals surface area (Å²) >= 11 is 0. The van der Waals surface area contributed by atoms with Crippen molar-refractivity contribution in [3.05, 3.63) is 57.6 Å². The van der Waals surface area contributed by atoms with Crippen LogP contribution in [0.4, 0.5) is 5.69 Å². The molecule has 0 amide bonds. The molecule has 0 aromatic heterocycles. The molecule has 1 unspecified atom stereocenters. The van der Waals surface area contributed by atoms with E-state index < -0.39 is 15.7 Å². The summed E-state index contributed by atoms with van der Waals surface area (Å²) in [4.78, 5) is 10.9. The van der Waals surface area contributed by atoms with Crippen LogP contribution < -0.4 is 4.74 Å². The van der Waals surface area contributed by atoms with Crippen molar-refractivity contribution in [1.82, 2.24) is 0 Å². The first-order valence-corrected chi connectivity index (χ1v) is 8.15. The van der Waals surface area contributed by atoms with Crippen LogP contribution in [0.1, 0.15) is 18.1 Å². The van der Waals surface area contributed by atoms with E-state index >= 15 is 0 Å². The Balaban J connectivity index is 2.48. The number of rotatable bonds is 5. The van der Waals surface area contributed by atoms with E-state index in [0.29, 0.717) is 16.4 Å². The minimum Gasteiger partial charge on any atom is -0.456 e. The van der Waals surface area contributed by atoms with Crippen LogP contribution in [0.15, 0.2) is 41.3 Å². The van der Waals surface area contributed by atoms with Crippen LogP contribution in [-0.2, 0) is 10.8 Å². The molecule has 0 spiro atoms. The highest BCUT2D eigenvalue weighted by molar-refractivity contribution is 7.85. The predicted octanol–water partition coefficient (Wildman–Crippen LogP) is 4.13. The van der Waals surface area contributed by atoms with Gasteiger partial charge in [0.05, 0.1) is 26.7 Å². The molecule has 6 heteroatoms. The highest BCUT2D eigenvalue weighted by Gasteiger charge is 2.16. The summed E-state index contributed by atoms with van der Waals surface area (Å²) in [6.07, 6.45) is 0. The Labute approximate surface area is 131 Å². The molecule has 0 radical (unpaired) electrons. The number of ether oxygens (including phenoxy) is 1. The minimum atomic E-state index is -1.26. The van der Waals surface area contributed by atoms with E-state index in [9.17, 15) is 14.3 Å². The van der Waals surface area contributed by atoms with Gasteiger partial charge in [-0.15, -0.1) is 0 Å². The first-order valence-electron chi connectivity index (χ1n) is 6.83. The van der Waals surface area contributed by atoms with Crippen molar-refractivity contribution >= 4 is 16.5 Å². The third-order valence-corrected chi connectivity index (χ3v) is 4.42. The maximum atomic E-state index is 12.1. The molecule has 0 N–H and O–H groups in total. The van der Waals surface area contributed by atoms with E-state index in [1.165, 1.54) is 18.2 Å². The van der Waals surface area contributed by atoms with Crippen molar-refractivity contribution in [3.8, 4) is 11.5 Å². The molecule has 0 bridgehead atoms. The molecular weight excluding hydrogens is 302 g/mol. The fourth-order valence-electron chi connectivity index (χ4n) is 2.15. The molecule has 0 saturated carbocycles. The third-order valence-electron chi connectivity index (χ3n) is 3.07. The van der Waals surface area contributed by atoms with Crippen molar-refractivity contribution in [2.24, 2.45) is 0 Å². The molecule has 2 aromatic rings. The SMILES string of the molecule is CCS(=O)c1ccc([N+](=O)[O-])cc1Oc1cc(C)cc(C)c1. The lowest BCUT2D eigenvalue weighted by Crippen LogP contribution is -1.99. The molecule has 0 aliphatic heterocycles. The van der Waals surface area contributed by atoms with Crippen molar-refractivity contribution in [2.45, 2.75) is 25.7 Å². The second-order valence-corrected chi connectivity index (χ2v) is 6.66. The quantitative estimate of drug-likeness (QED) is 0.613. The molecule has 0 aliphatic carbocycles. The van der Waals surface area contributed by atoms with Crippen LogP contribution in [0.25, 0.3) is 0 Å². The number of aryl methyl sites for hydroxylation is 2. The molecule has 0 aliphatic rings. The van der Waals surface area contributed by atoms with Crippen molar-refractivity contribution in [3.63, 3.8) is 0 Å². The van der Waals surface area contributed by atoms with Gasteiger partial charge in [-0.2, -0.15) is 0 Å². The predicted molar refractivity (Wildman–Crippen MR) is 86.0 cm³/mol. The maximum Gasteiger partial charge on any atom is 0.273 e. The average molecular weight is 319 g/mol. The lowest BCUT2D eigenvalue weighted by Gasteiger charge is -2.11. The fourth-order valence-corrected chi connectivity index (χ4v) is 3.01. The maximum absolute atomic E-state index is 12.1. The molecule has 2 rings (SSSR count). The van der Waals surface area contributed by atoms with Gasteiger partial charge in [-0.1, -0.05) is 13.0 Å². The van der Waals surface area contributed by atoms with Gasteiger partial charge in [0.1, 0.15) is 11.5 Å². The van der Waals surface area contributed by atoms with E-state index in [-0.39, 0.29) is 11.4 Å². The summed E-state index contributed by atoms with van der Waals surface area (Å²) < 4.78 is 17.9. The number of nitro groups is 1. The van der Waals surface area contributed by atoms with Gasteiger partial charge in [0, 0.05) is 11.8 Å². The smallest absolute Gasteiger partial charge is 0.273 e. The van der Waals surface area contributed by atoms with E-state index in [1.807, 2.05) is 32.0 Å². The van der Waals surface area contributed by atoms with Crippen molar-refractivity contribution in [1.29, 1.82) is 0 Å². The first-order chi connectivity index (χ1) is 10.4. The second-order valence-electron chi connectivity index (χ2n) is 4.95. The van der Waals surface area contributed by atoms with Gasteiger partial charge in [-0.3, -0.25) is 14.3 Å². The summed E-state index contributed by atoms with van der Waals surface area (Å²) in [7, 11) is -1.26. The van der Waals surface area contributed by atoms with Gasteiger partial charge < -0.3 is 4.74 Å². The van der Waals surface area contributed by atoms with Crippen LogP contribution >= 0.6 is 0 Å². The van der Waals surface area contributed by atoms with Crippen molar-refractivity contribution in [2.75, 3.05) is 5.75 Å². The monoisotopic (exact) mass is 319 g/mol. The number of nitro benzene ring substituents is 1. The zero-order valence-electron chi connectivity index (χ0n) is 12.7. The number of hydrogen-bond acceptors (Lipinski definition) is 4. The van der Waals surface area contributed by atoms with E-state index in [0.717, 1.165) is 11.1 Å². The Bertz CT molecular complexity index is 723. The minimum absolute atomic E-state index is 0.0868. The molecule has 1 atom stereocenters. The molecule has 22 heavy (non-hydrogen) atoms. The van der Waals surface area contributed by atoms with Crippen LogP contribution in [0, 0.1) is 24.0 Å². The van der Waals surface area contributed by atoms with E-state index in [2.05, 4.69) is 0 Å². The standard InChI is InChI=1S/C16H17NO4S/c1-4-22(20)16-6-5-13(17(18)19)10-15(16)21-14-8-11(2)7-12(3)9-14/h5-10H,4H2,1-3H3. The summed E-state index contributed by atoms with van der Waals surface area (Å²) in [6.45, 7) is 5.68. The molecule has 5 nitrogen and oxygen atoms in total. The lowest BCUT2D eigenvalue weighted by molar-refractivity contribution is -0.385. The third kappa shape index (κ3) is 3.71. The highest BCUT2D eigenvalue weighted by Crippen LogP contribution is 2.32. The van der Waals surface area contributed by atoms with Gasteiger partial charge in [-0.25, -0.2) is 0 Å². The average Bonchev–Trinajstić information content (AvgIpc) is 2.45. The Morgan fingerprint density at radius 2 is 1.77 bits per heavy atom. The summed E-state index contributed by atoms with van der Waals surface area (Å²) in [6, 6.07) is 9.84. The van der Waals surface area contributed by atoms with Crippen LogP contribution in [0.3, 0.4) is 0 Å². The highest BCUT2D eigenvalue weighted by atomic mass is 32.2. The molecule has 0 fully saturated rings. The Hall–Kier alpha value is -2.21. The van der Waals surface area contributed by atoms with Gasteiger partial charge in [0.25, 0.3) is 5.69 Å².